The fraction of sp³-hybridized carbons (Fsp3) is 0.922. The number of unbranched alkanes of at least 4 members (excludes halogenated alkanes) is 57. The van der Waals surface area contributed by atoms with Crippen LogP contribution in [0.2, 0.25) is 0 Å². The highest BCUT2D eigenvalue weighted by Gasteiger charge is 2.20. The van der Waals surface area contributed by atoms with Crippen molar-refractivity contribution in [3.8, 4) is 0 Å². The highest BCUT2D eigenvalue weighted by molar-refractivity contribution is 5.76. The number of amides is 1. The predicted molar refractivity (Wildman–Crippen MR) is 366 cm³/mol. The summed E-state index contributed by atoms with van der Waals surface area (Å²) < 4.78 is 5.51. The van der Waals surface area contributed by atoms with Gasteiger partial charge >= 0.3 is 5.97 Å². The van der Waals surface area contributed by atoms with Gasteiger partial charge in [0.1, 0.15) is 0 Å². The summed E-state index contributed by atoms with van der Waals surface area (Å²) in [5.74, 6) is -0.0103. The molecule has 2 atom stereocenters. The molecule has 0 spiro atoms. The molecule has 0 aliphatic rings. The highest BCUT2D eigenvalue weighted by Crippen LogP contribution is 2.19. The number of carbonyl (C=O) groups is 2. The molecule has 492 valence electrons. The zero-order valence-corrected chi connectivity index (χ0v) is 56.5. The zero-order chi connectivity index (χ0) is 59.9. The first-order valence-electron chi connectivity index (χ1n) is 38.1. The number of esters is 1. The van der Waals surface area contributed by atoms with Gasteiger partial charge in [-0.25, -0.2) is 0 Å². The van der Waals surface area contributed by atoms with E-state index in [0.29, 0.717) is 25.9 Å². The van der Waals surface area contributed by atoms with Crippen LogP contribution in [0.25, 0.3) is 0 Å². The second-order valence-corrected chi connectivity index (χ2v) is 26.3. The van der Waals surface area contributed by atoms with Gasteiger partial charge in [0.25, 0.3) is 0 Å². The molecule has 6 heteroatoms. The Hall–Kier alpha value is -1.66. The van der Waals surface area contributed by atoms with Crippen LogP contribution in [0, 0.1) is 0 Å². The normalized spacial score (nSPS) is 12.6. The van der Waals surface area contributed by atoms with E-state index in [1.165, 1.54) is 360 Å². The summed E-state index contributed by atoms with van der Waals surface area (Å²) in [6, 6.07) is -0.536. The highest BCUT2D eigenvalue weighted by atomic mass is 16.5. The molecule has 0 aromatic rings. The minimum Gasteiger partial charge on any atom is -0.466 e. The van der Waals surface area contributed by atoms with Crippen LogP contribution in [0.1, 0.15) is 431 Å². The van der Waals surface area contributed by atoms with Crippen molar-refractivity contribution in [3.05, 3.63) is 24.3 Å². The molecule has 2 unspecified atom stereocenters. The van der Waals surface area contributed by atoms with Gasteiger partial charge in [-0.1, -0.05) is 366 Å². The van der Waals surface area contributed by atoms with Crippen molar-refractivity contribution in [3.63, 3.8) is 0 Å². The molecule has 0 rings (SSSR count). The summed E-state index contributed by atoms with van der Waals surface area (Å²) in [7, 11) is 0. The van der Waals surface area contributed by atoms with E-state index in [4.69, 9.17) is 4.74 Å². The molecule has 3 N–H and O–H groups in total. The molecule has 83 heavy (non-hydrogen) atoms. The maximum Gasteiger partial charge on any atom is 0.305 e. The molecule has 0 aromatic carbocycles. The van der Waals surface area contributed by atoms with Crippen LogP contribution >= 0.6 is 0 Å². The van der Waals surface area contributed by atoms with Crippen LogP contribution in [-0.4, -0.2) is 47.4 Å². The lowest BCUT2D eigenvalue weighted by atomic mass is 10.0. The second-order valence-electron chi connectivity index (χ2n) is 26.3. The molecule has 1 amide bonds. The third kappa shape index (κ3) is 69.3. The van der Waals surface area contributed by atoms with Crippen LogP contribution in [0.15, 0.2) is 24.3 Å². The molecule has 0 aliphatic carbocycles. The minimum absolute atomic E-state index is 0.0198. The van der Waals surface area contributed by atoms with Gasteiger partial charge in [0.05, 0.1) is 25.4 Å². The fourth-order valence-electron chi connectivity index (χ4n) is 12.2. The van der Waals surface area contributed by atoms with Gasteiger partial charge in [-0.15, -0.1) is 0 Å². The molecule has 0 radical (unpaired) electrons. The van der Waals surface area contributed by atoms with E-state index in [1.807, 2.05) is 0 Å². The number of carbonyl (C=O) groups excluding carboxylic acids is 2. The maximum atomic E-state index is 12.5. The lowest BCUT2D eigenvalue weighted by molar-refractivity contribution is -0.143. The topological polar surface area (TPSA) is 95.9 Å². The smallest absolute Gasteiger partial charge is 0.305 e. The zero-order valence-electron chi connectivity index (χ0n) is 56.5. The Morgan fingerprint density at radius 3 is 0.855 bits per heavy atom. The number of aliphatic hydroxyl groups is 2. The van der Waals surface area contributed by atoms with Crippen molar-refractivity contribution < 1.29 is 24.5 Å². The van der Waals surface area contributed by atoms with Gasteiger partial charge in [-0.05, 0) is 77.0 Å². The third-order valence-corrected chi connectivity index (χ3v) is 18.0. The molecule has 0 saturated carbocycles. The summed E-state index contributed by atoms with van der Waals surface area (Å²) in [6.07, 6.45) is 92.8. The van der Waals surface area contributed by atoms with Gasteiger partial charge in [0.15, 0.2) is 0 Å². The van der Waals surface area contributed by atoms with Crippen molar-refractivity contribution in [2.45, 2.75) is 443 Å². The average molecular weight is 1170 g/mol. The monoisotopic (exact) mass is 1170 g/mol. The quantitative estimate of drug-likeness (QED) is 0.0320. The summed E-state index contributed by atoms with van der Waals surface area (Å²) in [5.41, 5.74) is 0. The second kappa shape index (κ2) is 72.8. The van der Waals surface area contributed by atoms with Gasteiger partial charge in [0.2, 0.25) is 5.91 Å². The average Bonchev–Trinajstić information content (AvgIpc) is 3.50. The summed E-state index contributed by atoms with van der Waals surface area (Å²) >= 11 is 0. The van der Waals surface area contributed by atoms with Crippen LogP contribution in [0.5, 0.6) is 0 Å². The molecule has 0 aromatic heterocycles. The van der Waals surface area contributed by atoms with Gasteiger partial charge in [-0.2, -0.15) is 0 Å². The summed E-state index contributed by atoms with van der Waals surface area (Å²) in [6.45, 7) is 4.97. The standard InChI is InChI=1S/C77H149NO5/c1-3-5-7-9-11-13-15-16-17-41-45-48-51-55-59-63-67-71-77(82)83-72-68-64-60-56-52-49-46-43-40-38-36-34-32-30-28-26-24-22-20-18-19-21-23-25-27-29-31-33-35-37-39-42-44-47-50-54-58-62-66-70-76(81)78-74(73-79)75(80)69-65-61-57-53-14-12-10-8-6-4-2/h16-19,74-75,79-80H,3-15,20-73H2,1-2H3,(H,78,81)/b17-16-,19-18-. The Labute approximate surface area is 520 Å². The predicted octanol–water partition coefficient (Wildman–Crippen LogP) is 24.9. The van der Waals surface area contributed by atoms with Crippen molar-refractivity contribution in [2.24, 2.45) is 0 Å². The van der Waals surface area contributed by atoms with Crippen LogP contribution in [0.3, 0.4) is 0 Å². The van der Waals surface area contributed by atoms with E-state index in [0.717, 1.165) is 38.5 Å². The van der Waals surface area contributed by atoms with Crippen molar-refractivity contribution in [2.75, 3.05) is 13.2 Å². The van der Waals surface area contributed by atoms with E-state index in [-0.39, 0.29) is 18.5 Å². The first kappa shape index (κ1) is 81.3. The third-order valence-electron chi connectivity index (χ3n) is 18.0. The number of aliphatic hydroxyl groups excluding tert-OH is 2. The number of allylic oxidation sites excluding steroid dienone is 4. The van der Waals surface area contributed by atoms with Crippen molar-refractivity contribution >= 4 is 11.9 Å². The number of hydrogen-bond acceptors (Lipinski definition) is 5. The van der Waals surface area contributed by atoms with Gasteiger partial charge in [0, 0.05) is 12.8 Å². The van der Waals surface area contributed by atoms with E-state index in [1.54, 1.807) is 0 Å². The van der Waals surface area contributed by atoms with Crippen molar-refractivity contribution in [1.82, 2.24) is 5.32 Å². The summed E-state index contributed by atoms with van der Waals surface area (Å²) in [4.78, 5) is 24.6. The molecule has 6 nitrogen and oxygen atoms in total. The van der Waals surface area contributed by atoms with Crippen LogP contribution in [-0.2, 0) is 14.3 Å². The SMILES string of the molecule is CCCCCCCC/C=C\CCCCCCCCCC(=O)OCCCCCCCCCCCCCCCCCCCC/C=C\CCCCCCCCCCCCCCCCCCCC(=O)NC(CO)C(O)CCCCCCCCCCCC. The Balaban J connectivity index is 3.29. The molecular formula is C77H149NO5. The Kier molecular flexibility index (Phi) is 71.4. The molecule has 0 fully saturated rings. The minimum atomic E-state index is -0.659. The van der Waals surface area contributed by atoms with E-state index < -0.39 is 12.1 Å². The molecule has 0 heterocycles. The largest absolute Gasteiger partial charge is 0.466 e. The molecular weight excluding hydrogens is 1020 g/mol. The van der Waals surface area contributed by atoms with Gasteiger partial charge in [-0.3, -0.25) is 9.59 Å². The van der Waals surface area contributed by atoms with E-state index in [2.05, 4.69) is 43.5 Å². The van der Waals surface area contributed by atoms with Crippen LogP contribution < -0.4 is 5.32 Å². The number of nitrogens with one attached hydrogen (secondary N) is 1. The molecule has 0 bridgehead atoms. The number of rotatable bonds is 72. The fourth-order valence-corrected chi connectivity index (χ4v) is 12.2. The Morgan fingerprint density at radius 2 is 0.566 bits per heavy atom. The lowest BCUT2D eigenvalue weighted by Gasteiger charge is -2.22. The first-order valence-corrected chi connectivity index (χ1v) is 38.1. The first-order chi connectivity index (χ1) is 41.0. The Bertz CT molecular complexity index is 1300. The number of ether oxygens (including phenoxy) is 1. The van der Waals surface area contributed by atoms with Crippen molar-refractivity contribution in [1.29, 1.82) is 0 Å². The maximum absolute atomic E-state index is 12.5. The summed E-state index contributed by atoms with van der Waals surface area (Å²) in [5, 5.41) is 23.2. The van der Waals surface area contributed by atoms with E-state index in [9.17, 15) is 19.8 Å². The molecule has 0 saturated heterocycles. The van der Waals surface area contributed by atoms with Gasteiger partial charge < -0.3 is 20.3 Å². The Morgan fingerprint density at radius 1 is 0.325 bits per heavy atom. The molecule has 0 aliphatic heterocycles. The van der Waals surface area contributed by atoms with E-state index >= 15 is 0 Å². The lowest BCUT2D eigenvalue weighted by Crippen LogP contribution is -2.45. The number of hydrogen-bond donors (Lipinski definition) is 3. The van der Waals surface area contributed by atoms with Crippen LogP contribution in [0.4, 0.5) is 0 Å².